The molecule has 1 atom stereocenters. The summed E-state index contributed by atoms with van der Waals surface area (Å²) in [6.45, 7) is 0.514. The van der Waals surface area contributed by atoms with E-state index in [4.69, 9.17) is 61.1 Å². The first-order valence-corrected chi connectivity index (χ1v) is 15.6. The van der Waals surface area contributed by atoms with Crippen molar-refractivity contribution in [1.82, 2.24) is 0 Å². The van der Waals surface area contributed by atoms with Crippen LogP contribution in [0.3, 0.4) is 0 Å². The van der Waals surface area contributed by atoms with Gasteiger partial charge in [-0.05, 0) is 47.4 Å². The summed E-state index contributed by atoms with van der Waals surface area (Å²) in [5, 5.41) is -4.90. The minimum Gasteiger partial charge on any atom is -0.451 e. The molecular weight excluding hydrogens is 639 g/mol. The molecule has 12 radical (unpaired) electrons. The van der Waals surface area contributed by atoms with E-state index >= 15 is 0 Å². The van der Waals surface area contributed by atoms with Gasteiger partial charge >= 0.3 is 33.3 Å². The van der Waals surface area contributed by atoms with E-state index in [2.05, 4.69) is 4.74 Å². The smallest absolute Gasteiger partial charge is 0.405 e. The Labute approximate surface area is 285 Å². The highest BCUT2D eigenvalue weighted by Crippen LogP contribution is 2.31. The van der Waals surface area contributed by atoms with Crippen LogP contribution in [0.1, 0.15) is 71.4 Å². The number of carbonyl (C=O) groups excluding carboxylic acids is 3. The Hall–Kier alpha value is -3.77. The zero-order valence-electron chi connectivity index (χ0n) is 25.7. The van der Waals surface area contributed by atoms with Gasteiger partial charge in [-0.25, -0.2) is 14.4 Å². The molecule has 0 aromatic heterocycles. The van der Waals surface area contributed by atoms with Crippen molar-refractivity contribution in [2.24, 2.45) is 0 Å². The lowest BCUT2D eigenvalue weighted by atomic mass is 9.85. The van der Waals surface area contributed by atoms with Gasteiger partial charge in [-0.1, -0.05) is 73.3 Å². The van der Waals surface area contributed by atoms with E-state index in [1.54, 1.807) is 24.3 Å². The number of rotatable bonds is 14. The molecule has 9 nitrogen and oxygen atoms in total. The number of hydrogen-bond donors (Lipinski definition) is 1. The Balaban J connectivity index is 2.13. The molecule has 0 saturated heterocycles. The SMILES string of the molecule is [B]Cc1cc(C[B])c(OC(=O)c2cc(C(=O)Oc3c(C[B])cc(C[B])cc3C[B])cc(C(=O)OC(C)C(F)(F)S(=O)(=O)O)c2)c(C[B])c1. The van der Waals surface area contributed by atoms with Crippen LogP contribution < -0.4 is 9.47 Å². The molecule has 0 heterocycles. The van der Waals surface area contributed by atoms with Gasteiger partial charge in [0.2, 0.25) is 0 Å². The minimum atomic E-state index is -5.99. The van der Waals surface area contributed by atoms with Crippen LogP contribution in [0.5, 0.6) is 11.5 Å². The molecule has 1 unspecified atom stereocenters. The van der Waals surface area contributed by atoms with Gasteiger partial charge in [-0.15, -0.1) is 0 Å². The highest BCUT2D eigenvalue weighted by molar-refractivity contribution is 7.86. The van der Waals surface area contributed by atoms with E-state index in [9.17, 15) is 31.6 Å². The third kappa shape index (κ3) is 8.63. The summed E-state index contributed by atoms with van der Waals surface area (Å²) in [4.78, 5) is 40.0. The molecule has 1 N–H and O–H groups in total. The molecule has 0 fully saturated rings. The van der Waals surface area contributed by atoms with Gasteiger partial charge in [0, 0.05) is 0 Å². The van der Waals surface area contributed by atoms with E-state index in [0.29, 0.717) is 40.3 Å². The highest BCUT2D eigenvalue weighted by Gasteiger charge is 2.52. The number of esters is 3. The summed E-state index contributed by atoms with van der Waals surface area (Å²) in [6.07, 6.45) is -2.82. The Bertz CT molecular complexity index is 1680. The van der Waals surface area contributed by atoms with Crippen LogP contribution in [0.25, 0.3) is 0 Å². The van der Waals surface area contributed by atoms with Crippen LogP contribution in [-0.4, -0.2) is 89.3 Å². The molecule has 0 aliphatic carbocycles. The second-order valence-electron chi connectivity index (χ2n) is 10.4. The number of benzene rings is 3. The van der Waals surface area contributed by atoms with Crippen LogP contribution in [-0.2, 0) is 52.8 Å². The number of alkyl halides is 2. The third-order valence-corrected chi connectivity index (χ3v) is 8.11. The highest BCUT2D eigenvalue weighted by atomic mass is 32.2. The van der Waals surface area contributed by atoms with E-state index in [1.165, 1.54) is 0 Å². The molecule has 0 bridgehead atoms. The Morgan fingerprint density at radius 2 is 0.958 bits per heavy atom. The maximum Gasteiger partial charge on any atom is 0.405 e. The van der Waals surface area contributed by atoms with Gasteiger partial charge in [-0.3, -0.25) is 4.55 Å². The lowest BCUT2D eigenvalue weighted by Crippen LogP contribution is -2.42. The molecule has 0 amide bonds. The predicted octanol–water partition coefficient (Wildman–Crippen LogP) is 2.16. The van der Waals surface area contributed by atoms with Gasteiger partial charge in [0.15, 0.2) is 6.10 Å². The van der Waals surface area contributed by atoms with Crippen molar-refractivity contribution in [2.75, 3.05) is 0 Å². The van der Waals surface area contributed by atoms with E-state index in [0.717, 1.165) is 18.2 Å². The molecular formula is C30H24B6F2O9S. The van der Waals surface area contributed by atoms with Crippen LogP contribution in [0, 0.1) is 0 Å². The lowest BCUT2D eigenvalue weighted by molar-refractivity contribution is -0.0550. The van der Waals surface area contributed by atoms with Crippen LogP contribution >= 0.6 is 0 Å². The van der Waals surface area contributed by atoms with Gasteiger partial charge in [-0.2, -0.15) is 17.2 Å². The zero-order valence-corrected chi connectivity index (χ0v) is 26.5. The first kappa shape index (κ1) is 38.7. The van der Waals surface area contributed by atoms with Gasteiger partial charge in [0.25, 0.3) is 0 Å². The van der Waals surface area contributed by atoms with E-state index in [1.807, 2.05) is 0 Å². The summed E-state index contributed by atoms with van der Waals surface area (Å²) < 4.78 is 75.4. The Morgan fingerprint density at radius 1 is 0.646 bits per heavy atom. The molecule has 3 aromatic carbocycles. The maximum atomic E-state index is 14.2. The van der Waals surface area contributed by atoms with Crippen molar-refractivity contribution in [1.29, 1.82) is 0 Å². The average Bonchev–Trinajstić information content (AvgIpc) is 3.07. The summed E-state index contributed by atoms with van der Waals surface area (Å²) >= 11 is 0. The molecule has 0 saturated carbocycles. The van der Waals surface area contributed by atoms with Crippen LogP contribution in [0.2, 0.25) is 0 Å². The summed E-state index contributed by atoms with van der Waals surface area (Å²) in [5.41, 5.74) is 1.12. The molecule has 0 spiro atoms. The normalized spacial score (nSPS) is 12.2. The van der Waals surface area contributed by atoms with E-state index < -0.39 is 56.1 Å². The predicted molar refractivity (Wildman–Crippen MR) is 177 cm³/mol. The van der Waals surface area contributed by atoms with Crippen molar-refractivity contribution in [3.05, 3.63) is 92.5 Å². The fourth-order valence-electron chi connectivity index (χ4n) is 4.55. The van der Waals surface area contributed by atoms with Crippen LogP contribution in [0.4, 0.5) is 8.78 Å². The first-order valence-electron chi connectivity index (χ1n) is 14.2. The number of ether oxygens (including phenoxy) is 3. The van der Waals surface area contributed by atoms with Crippen molar-refractivity contribution in [2.45, 2.75) is 56.2 Å². The van der Waals surface area contributed by atoms with Gasteiger partial charge in [0.05, 0.1) is 63.8 Å². The number of carbonyl (C=O) groups is 3. The zero-order chi connectivity index (χ0) is 36.0. The standard InChI is InChI=1S/C30H24B6F2O9S/c1-15(30(37,38)48(42,43)44)45-27(39)18-6-19(28(40)46-25-21(11-33)2-16(9-31)3-22(25)12-34)8-20(7-18)29(41)47-26-23(13-35)4-17(10-32)5-24(26)14-36/h2-8,15H,9-14H2,1H3,(H,42,43,44). The summed E-state index contributed by atoms with van der Waals surface area (Å²) in [7, 11) is 28.9. The molecule has 48 heavy (non-hydrogen) atoms. The molecule has 236 valence electrons. The van der Waals surface area contributed by atoms with Crippen LogP contribution in [0.15, 0.2) is 42.5 Å². The Morgan fingerprint density at radius 3 is 1.23 bits per heavy atom. The van der Waals surface area contributed by atoms with Crippen molar-refractivity contribution >= 4 is 75.1 Å². The molecule has 3 rings (SSSR count). The fraction of sp³-hybridized carbons (Fsp3) is 0.300. The molecule has 0 aliphatic rings. The second kappa shape index (κ2) is 16.1. The topological polar surface area (TPSA) is 133 Å². The minimum absolute atomic E-state index is 0.0131. The van der Waals surface area contributed by atoms with Gasteiger partial charge < -0.3 is 14.2 Å². The first-order chi connectivity index (χ1) is 22.5. The third-order valence-electron chi connectivity index (χ3n) is 7.09. The largest absolute Gasteiger partial charge is 0.451 e. The molecule has 18 heteroatoms. The quantitative estimate of drug-likeness (QED) is 0.119. The van der Waals surface area contributed by atoms with Crippen molar-refractivity contribution in [3.8, 4) is 11.5 Å². The van der Waals surface area contributed by atoms with E-state index in [-0.39, 0.29) is 49.4 Å². The number of hydrogen-bond acceptors (Lipinski definition) is 8. The molecule has 0 aliphatic heterocycles. The molecule has 3 aromatic rings. The second-order valence-corrected chi connectivity index (χ2v) is 11.9. The monoisotopic (exact) mass is 664 g/mol. The lowest BCUT2D eigenvalue weighted by Gasteiger charge is -2.21. The Kier molecular flexibility index (Phi) is 13.0. The summed E-state index contributed by atoms with van der Waals surface area (Å²) in [6, 6.07) is 9.07. The van der Waals surface area contributed by atoms with Gasteiger partial charge in [0.1, 0.15) is 11.5 Å². The number of halogens is 2. The fourth-order valence-corrected chi connectivity index (χ4v) is 5.02. The summed E-state index contributed by atoms with van der Waals surface area (Å²) in [5.74, 6) is -3.90. The van der Waals surface area contributed by atoms with Crippen molar-refractivity contribution < 1.29 is 50.3 Å². The van der Waals surface area contributed by atoms with Crippen molar-refractivity contribution in [3.63, 3.8) is 0 Å². The maximum absolute atomic E-state index is 14.2. The average molecular weight is 663 g/mol.